The molecule has 260 valence electrons. The van der Waals surface area contributed by atoms with E-state index in [2.05, 4.69) is 15.9 Å². The van der Waals surface area contributed by atoms with Crippen LogP contribution in [0.4, 0.5) is 0 Å². The summed E-state index contributed by atoms with van der Waals surface area (Å²) in [5, 5.41) is 10.7. The number of amides is 3. The summed E-state index contributed by atoms with van der Waals surface area (Å²) in [6.45, 7) is 5.68. The minimum absolute atomic E-state index is 0.0240. The second-order valence-electron chi connectivity index (χ2n) is 14.4. The molecule has 8 atom stereocenters. The maximum atomic E-state index is 15.1. The second kappa shape index (κ2) is 14.1. The summed E-state index contributed by atoms with van der Waals surface area (Å²) in [5.41, 5.74) is -0.700. The Bertz CT molecular complexity index is 1460. The standard InChI is InChI=1S/C37H48BrN3O7/c1-22(2)27(21-42)41-33-35(45)40(25-16-10-6-11-17-25)19-13-7-12-18-28(43)39(4)23(3)31(24-14-8-5-9-15-24)47-36(46)29-30(34(41)44)37(33)20-26(38)32(29)48-37/h5,7-9,13-15,20,22-23,25,27,29-33,42H,6,10-12,16-19,21H2,1-4H3/b13-7-/t23-,27-,29+,30-,31+,32+,33+,37-/m0/s1. The number of carbonyl (C=O) groups is 4. The highest BCUT2D eigenvalue weighted by Gasteiger charge is 2.75. The molecular formula is C37H48BrN3O7. The molecule has 0 unspecified atom stereocenters. The normalized spacial score (nSPS) is 34.8. The Hall–Kier alpha value is -3.02. The number of hydrogen-bond donors (Lipinski definition) is 1. The van der Waals surface area contributed by atoms with Crippen LogP contribution in [0.3, 0.4) is 0 Å². The number of carbonyl (C=O) groups excluding carboxylic acids is 4. The number of aliphatic hydroxyl groups excluding tert-OH is 1. The molecule has 1 saturated carbocycles. The molecule has 0 radical (unpaired) electrons. The van der Waals surface area contributed by atoms with Crippen LogP contribution in [-0.4, -0.2) is 99.6 Å². The Morgan fingerprint density at radius 2 is 1.71 bits per heavy atom. The number of fused-ring (bicyclic) bond motifs is 2. The third-order valence-corrected chi connectivity index (χ3v) is 12.0. The number of esters is 1. The van der Waals surface area contributed by atoms with Crippen molar-refractivity contribution >= 4 is 39.6 Å². The van der Waals surface area contributed by atoms with Gasteiger partial charge in [0, 0.05) is 30.5 Å². The number of halogens is 1. The van der Waals surface area contributed by atoms with E-state index in [9.17, 15) is 19.5 Å². The molecule has 1 aromatic carbocycles. The predicted molar refractivity (Wildman–Crippen MR) is 182 cm³/mol. The van der Waals surface area contributed by atoms with Gasteiger partial charge in [-0.2, -0.15) is 0 Å². The number of hydrogen-bond acceptors (Lipinski definition) is 7. The van der Waals surface area contributed by atoms with Crippen LogP contribution in [0, 0.1) is 17.8 Å². The van der Waals surface area contributed by atoms with Gasteiger partial charge in [-0.3, -0.25) is 19.2 Å². The smallest absolute Gasteiger partial charge is 0.313 e. The van der Waals surface area contributed by atoms with Crippen LogP contribution >= 0.6 is 15.9 Å². The molecule has 0 aromatic heterocycles. The summed E-state index contributed by atoms with van der Waals surface area (Å²) in [6.07, 6.45) is 9.65. The molecule has 1 spiro atoms. The van der Waals surface area contributed by atoms with Crippen LogP contribution in [0.5, 0.6) is 0 Å². The second-order valence-corrected chi connectivity index (χ2v) is 15.3. The van der Waals surface area contributed by atoms with E-state index >= 15 is 4.79 Å². The molecule has 1 N–H and O–H groups in total. The van der Waals surface area contributed by atoms with Gasteiger partial charge in [-0.15, -0.1) is 0 Å². The predicted octanol–water partition coefficient (Wildman–Crippen LogP) is 4.52. The minimum Gasteiger partial charge on any atom is -0.455 e. The summed E-state index contributed by atoms with van der Waals surface area (Å²) < 4.78 is 13.6. The summed E-state index contributed by atoms with van der Waals surface area (Å²) in [4.78, 5) is 62.8. The first-order valence-electron chi connectivity index (χ1n) is 17.5. The van der Waals surface area contributed by atoms with Gasteiger partial charge in [0.15, 0.2) is 0 Å². The van der Waals surface area contributed by atoms with E-state index in [1.165, 1.54) is 4.90 Å². The molecule has 6 rings (SSSR count). The first kappa shape index (κ1) is 34.8. The van der Waals surface area contributed by atoms with Crippen molar-refractivity contribution in [2.24, 2.45) is 17.8 Å². The molecule has 11 heteroatoms. The van der Waals surface area contributed by atoms with Crippen molar-refractivity contribution in [1.82, 2.24) is 14.7 Å². The zero-order valence-electron chi connectivity index (χ0n) is 28.3. The van der Waals surface area contributed by atoms with E-state index < -0.39 is 59.6 Å². The lowest BCUT2D eigenvalue weighted by atomic mass is 9.74. The zero-order valence-corrected chi connectivity index (χ0v) is 29.9. The van der Waals surface area contributed by atoms with Crippen LogP contribution in [-0.2, 0) is 28.7 Å². The van der Waals surface area contributed by atoms with Crippen LogP contribution in [0.15, 0.2) is 53.0 Å². The zero-order chi connectivity index (χ0) is 34.3. The van der Waals surface area contributed by atoms with Crippen molar-refractivity contribution in [1.29, 1.82) is 0 Å². The van der Waals surface area contributed by atoms with Gasteiger partial charge in [-0.25, -0.2) is 0 Å². The van der Waals surface area contributed by atoms with Crippen molar-refractivity contribution in [3.63, 3.8) is 0 Å². The fraction of sp³-hybridized carbons (Fsp3) is 0.622. The molecule has 4 aliphatic heterocycles. The molecule has 4 heterocycles. The topological polar surface area (TPSA) is 117 Å². The first-order valence-corrected chi connectivity index (χ1v) is 18.3. The lowest BCUT2D eigenvalue weighted by molar-refractivity contribution is -0.164. The van der Waals surface area contributed by atoms with E-state index in [1.54, 1.807) is 11.9 Å². The van der Waals surface area contributed by atoms with E-state index in [4.69, 9.17) is 9.47 Å². The fourth-order valence-corrected chi connectivity index (χ4v) is 9.30. The summed E-state index contributed by atoms with van der Waals surface area (Å²) in [6, 6.07) is 7.02. The van der Waals surface area contributed by atoms with Gasteiger partial charge in [0.05, 0.1) is 24.6 Å². The van der Waals surface area contributed by atoms with E-state index in [-0.39, 0.29) is 36.8 Å². The molecule has 1 aliphatic carbocycles. The summed E-state index contributed by atoms with van der Waals surface area (Å²) in [5.74, 6) is -3.58. The third kappa shape index (κ3) is 5.93. The quantitative estimate of drug-likeness (QED) is 0.351. The van der Waals surface area contributed by atoms with Gasteiger partial charge in [0.25, 0.3) is 0 Å². The molecule has 10 nitrogen and oxygen atoms in total. The van der Waals surface area contributed by atoms with Crippen molar-refractivity contribution in [3.05, 3.63) is 58.6 Å². The number of likely N-dealkylation sites (N-methyl/N-ethyl adjacent to an activating group) is 1. The Labute approximate surface area is 291 Å². The molecule has 3 fully saturated rings. The van der Waals surface area contributed by atoms with Crippen LogP contribution in [0.1, 0.15) is 77.4 Å². The molecule has 5 bridgehead atoms. The molecule has 5 aliphatic rings. The highest BCUT2D eigenvalue weighted by molar-refractivity contribution is 9.11. The largest absolute Gasteiger partial charge is 0.455 e. The van der Waals surface area contributed by atoms with Crippen molar-refractivity contribution < 1.29 is 33.8 Å². The van der Waals surface area contributed by atoms with Gasteiger partial charge in [-0.1, -0.05) is 91.5 Å². The van der Waals surface area contributed by atoms with Gasteiger partial charge in [0.2, 0.25) is 17.7 Å². The Morgan fingerprint density at radius 3 is 2.38 bits per heavy atom. The Morgan fingerprint density at radius 1 is 1.00 bits per heavy atom. The first-order chi connectivity index (χ1) is 23.0. The third-order valence-electron chi connectivity index (χ3n) is 11.3. The molecular weight excluding hydrogens is 678 g/mol. The molecule has 3 amide bonds. The average molecular weight is 727 g/mol. The van der Waals surface area contributed by atoms with Crippen molar-refractivity contribution in [3.8, 4) is 0 Å². The Kier molecular flexibility index (Phi) is 10.2. The average Bonchev–Trinajstić information content (AvgIpc) is 3.68. The molecule has 1 aromatic rings. The maximum Gasteiger partial charge on any atom is 0.313 e. The summed E-state index contributed by atoms with van der Waals surface area (Å²) >= 11 is 3.64. The van der Waals surface area contributed by atoms with Crippen LogP contribution in [0.25, 0.3) is 0 Å². The number of likely N-dealkylation sites (tertiary alicyclic amines) is 1. The molecule has 48 heavy (non-hydrogen) atoms. The fourth-order valence-electron chi connectivity index (χ4n) is 8.56. The van der Waals surface area contributed by atoms with Crippen LogP contribution in [0.2, 0.25) is 0 Å². The van der Waals surface area contributed by atoms with Gasteiger partial charge in [-0.05, 0) is 43.7 Å². The van der Waals surface area contributed by atoms with Crippen LogP contribution < -0.4 is 0 Å². The number of aliphatic hydroxyl groups is 1. The van der Waals surface area contributed by atoms with Crippen molar-refractivity contribution in [2.45, 2.75) is 108 Å². The van der Waals surface area contributed by atoms with Gasteiger partial charge < -0.3 is 29.3 Å². The maximum absolute atomic E-state index is 15.1. The highest BCUT2D eigenvalue weighted by atomic mass is 79.9. The number of allylic oxidation sites excluding steroid dienone is 1. The van der Waals surface area contributed by atoms with E-state index in [1.807, 2.05) is 74.2 Å². The number of benzene rings is 1. The SMILES string of the molecule is CC(C)[C@H](CO)N1C(=O)[C@@H]2[C@H]3C(=O)O[C@@H](c4ccccc4)[C@H](C)N(C)C(=O)CC/C=C\CN(C4CCCCC4)C(=O)[C@@H]1[C@]21C=C(Br)[C@H]3O1. The highest BCUT2D eigenvalue weighted by Crippen LogP contribution is 2.59. The monoisotopic (exact) mass is 725 g/mol. The van der Waals surface area contributed by atoms with E-state index in [0.29, 0.717) is 17.4 Å². The lowest BCUT2D eigenvalue weighted by Gasteiger charge is -2.42. The minimum atomic E-state index is -1.42. The Balaban J connectivity index is 1.49. The number of rotatable bonds is 5. The number of ether oxygens (including phenoxy) is 2. The lowest BCUT2D eigenvalue weighted by Crippen LogP contribution is -2.61. The number of nitrogens with zero attached hydrogens (tertiary/aromatic N) is 3. The van der Waals surface area contributed by atoms with E-state index in [0.717, 1.165) is 37.7 Å². The van der Waals surface area contributed by atoms with Gasteiger partial charge >= 0.3 is 5.97 Å². The van der Waals surface area contributed by atoms with Crippen molar-refractivity contribution in [2.75, 3.05) is 20.2 Å². The number of cyclic esters (lactones) is 1. The summed E-state index contributed by atoms with van der Waals surface area (Å²) in [7, 11) is 1.72. The molecule has 2 saturated heterocycles. The van der Waals surface area contributed by atoms with Gasteiger partial charge in [0.1, 0.15) is 29.8 Å².